The molecular weight excluding hydrogens is 727 g/mol. The van der Waals surface area contributed by atoms with Gasteiger partial charge >= 0.3 is 0 Å². The molecule has 0 radical (unpaired) electrons. The van der Waals surface area contributed by atoms with Gasteiger partial charge in [-0.1, -0.05) is 72.8 Å². The Morgan fingerprint density at radius 2 is 1.18 bits per heavy atom. The van der Waals surface area contributed by atoms with E-state index < -0.39 is 25.9 Å². The van der Waals surface area contributed by atoms with Crippen LogP contribution < -0.4 is 16.0 Å². The molecule has 1 heterocycles. The summed E-state index contributed by atoms with van der Waals surface area (Å²) >= 11 is 0. The first-order valence-electron chi connectivity index (χ1n) is 18.8. The van der Waals surface area contributed by atoms with E-state index in [1.807, 2.05) is 68.4 Å². The van der Waals surface area contributed by atoms with Crippen molar-refractivity contribution in [1.82, 2.24) is 5.32 Å². The number of nitrogens with one attached hydrogen (secondary N) is 3. The van der Waals surface area contributed by atoms with Crippen molar-refractivity contribution in [2.75, 3.05) is 16.4 Å². The van der Waals surface area contributed by atoms with Crippen LogP contribution in [0.3, 0.4) is 0 Å². The van der Waals surface area contributed by atoms with Gasteiger partial charge in [-0.25, -0.2) is 8.42 Å². The Morgan fingerprint density at radius 1 is 0.655 bits per heavy atom. The van der Waals surface area contributed by atoms with E-state index in [0.717, 1.165) is 57.6 Å². The summed E-state index contributed by atoms with van der Waals surface area (Å²) < 4.78 is 62.9. The normalized spacial score (nSPS) is 16.3. The quantitative estimate of drug-likeness (QED) is 0.0689. The molecule has 0 spiro atoms. The third kappa shape index (κ3) is 10.0. The molecule has 0 aliphatic carbocycles. The molecule has 1 fully saturated rings. The van der Waals surface area contributed by atoms with E-state index >= 15 is 0 Å². The van der Waals surface area contributed by atoms with E-state index in [0.29, 0.717) is 23.5 Å². The molecule has 1 atom stereocenters. The monoisotopic (exact) mass is 779 g/mol. The summed E-state index contributed by atoms with van der Waals surface area (Å²) in [6.07, 6.45) is 1.59. The largest absolute Gasteiger partial charge is 0.381 e. The van der Waals surface area contributed by atoms with Crippen LogP contribution in [0.1, 0.15) is 85.4 Å². The minimum atomic E-state index is -4.52. The number of hydrogen-bond acceptors (Lipinski definition) is 7. The van der Waals surface area contributed by atoms with Crippen molar-refractivity contribution < 1.29 is 21.4 Å². The summed E-state index contributed by atoms with van der Waals surface area (Å²) in [6, 6.07) is 36.0. The van der Waals surface area contributed by atoms with Gasteiger partial charge in [-0.15, -0.1) is 0 Å². The lowest BCUT2D eigenvalue weighted by molar-refractivity contribution is 0.139. The van der Waals surface area contributed by atoms with Gasteiger partial charge in [0.2, 0.25) is 0 Å². The Morgan fingerprint density at radius 3 is 1.75 bits per heavy atom. The molecule has 1 unspecified atom stereocenters. The summed E-state index contributed by atoms with van der Waals surface area (Å²) in [5.41, 5.74) is 7.72. The maximum Gasteiger partial charge on any atom is 0.294 e. The zero-order valence-corrected chi connectivity index (χ0v) is 34.2. The van der Waals surface area contributed by atoms with Gasteiger partial charge in [-0.3, -0.25) is 4.55 Å². The minimum Gasteiger partial charge on any atom is -0.381 e. The molecule has 5 aromatic carbocycles. The second-order valence-corrected chi connectivity index (χ2v) is 19.8. The van der Waals surface area contributed by atoms with Crippen LogP contribution in [-0.4, -0.2) is 38.2 Å². The van der Waals surface area contributed by atoms with Gasteiger partial charge in [-0.05, 0) is 142 Å². The number of piperidine rings is 1. The van der Waals surface area contributed by atoms with E-state index in [-0.39, 0.29) is 27.6 Å². The molecule has 0 amide bonds. The second-order valence-electron chi connectivity index (χ2n) is 16.4. The van der Waals surface area contributed by atoms with E-state index in [1.165, 1.54) is 6.07 Å². The molecule has 10 heteroatoms. The summed E-state index contributed by atoms with van der Waals surface area (Å²) in [5.74, 6) is -0.313. The molecule has 1 aliphatic heterocycles. The molecule has 6 rings (SSSR count). The lowest BCUT2D eigenvalue weighted by atomic mass is 9.77. The molecule has 0 bridgehead atoms. The molecule has 4 N–H and O–H groups in total. The van der Waals surface area contributed by atoms with Gasteiger partial charge < -0.3 is 16.0 Å². The topological polar surface area (TPSA) is 125 Å². The van der Waals surface area contributed by atoms with Crippen molar-refractivity contribution in [3.8, 4) is 0 Å². The first kappa shape index (κ1) is 40.2. The predicted molar refractivity (Wildman–Crippen MR) is 223 cm³/mol. The zero-order chi connectivity index (χ0) is 39.6. The molecule has 0 aromatic heterocycles. The summed E-state index contributed by atoms with van der Waals surface area (Å²) in [7, 11) is -8.02. The van der Waals surface area contributed by atoms with Crippen LogP contribution in [0, 0.1) is 19.8 Å². The minimum absolute atomic E-state index is 0.0610. The highest BCUT2D eigenvalue weighted by atomic mass is 32.2. The summed E-state index contributed by atoms with van der Waals surface area (Å²) in [5, 5.41) is 10.6. The van der Waals surface area contributed by atoms with Crippen molar-refractivity contribution in [3.05, 3.63) is 154 Å². The van der Waals surface area contributed by atoms with Gasteiger partial charge in [0.25, 0.3) is 10.1 Å². The average Bonchev–Trinajstić information content (AvgIpc) is 3.10. The Bertz CT molecular complexity index is 2360. The highest BCUT2D eigenvalue weighted by Gasteiger charge is 2.39. The zero-order valence-electron chi connectivity index (χ0n) is 32.6. The lowest BCUT2D eigenvalue weighted by Crippen LogP contribution is -2.58. The van der Waals surface area contributed by atoms with Gasteiger partial charge in [-0.2, -0.15) is 8.42 Å². The molecule has 55 heavy (non-hydrogen) atoms. The van der Waals surface area contributed by atoms with Crippen molar-refractivity contribution in [2.45, 2.75) is 94.3 Å². The Hall–Kier alpha value is -4.48. The Labute approximate surface area is 327 Å². The number of benzene rings is 5. The molecule has 290 valence electrons. The standard InChI is InChI=1S/C45H53N3O5S2/c1-31-23-36(46-28-33-13-8-7-9-14-33)19-21-39(31)43(41-17-10-11-18-42(41)55(51,52)53)40-22-20-37(24-32(40)2)47-29-34-15-12-16-38(25-34)54(49,50)30-35-26-44(3,4)48-45(5,6)27-35/h7-25,35,43,46-48H,26-30H2,1-6H3,(H,51,52,53). The van der Waals surface area contributed by atoms with E-state index in [2.05, 4.69) is 61.8 Å². The van der Waals surface area contributed by atoms with Crippen LogP contribution in [0.25, 0.3) is 0 Å². The smallest absolute Gasteiger partial charge is 0.294 e. The number of sulfone groups is 1. The fourth-order valence-corrected chi connectivity index (χ4v) is 11.0. The number of rotatable bonds is 13. The molecule has 1 aliphatic rings. The predicted octanol–water partition coefficient (Wildman–Crippen LogP) is 9.29. The maximum absolute atomic E-state index is 13.7. The van der Waals surface area contributed by atoms with E-state index in [1.54, 1.807) is 36.4 Å². The van der Waals surface area contributed by atoms with Gasteiger partial charge in [0.1, 0.15) is 0 Å². The van der Waals surface area contributed by atoms with Gasteiger partial charge in [0, 0.05) is 41.5 Å². The van der Waals surface area contributed by atoms with Crippen molar-refractivity contribution in [3.63, 3.8) is 0 Å². The maximum atomic E-state index is 13.7. The van der Waals surface area contributed by atoms with Crippen LogP contribution >= 0.6 is 0 Å². The van der Waals surface area contributed by atoms with Crippen LogP contribution in [0.2, 0.25) is 0 Å². The van der Waals surface area contributed by atoms with Gasteiger partial charge in [0.05, 0.1) is 15.5 Å². The van der Waals surface area contributed by atoms with Crippen LogP contribution in [0.15, 0.2) is 125 Å². The second kappa shape index (κ2) is 15.9. The Balaban J connectivity index is 1.24. The van der Waals surface area contributed by atoms with E-state index in [9.17, 15) is 21.4 Å². The lowest BCUT2D eigenvalue weighted by Gasteiger charge is -2.46. The number of aryl methyl sites for hydroxylation is 2. The van der Waals surface area contributed by atoms with E-state index in [4.69, 9.17) is 0 Å². The Kier molecular flexibility index (Phi) is 11.6. The van der Waals surface area contributed by atoms with Crippen molar-refractivity contribution in [1.29, 1.82) is 0 Å². The fraction of sp³-hybridized carbons (Fsp3) is 0.333. The van der Waals surface area contributed by atoms with Crippen LogP contribution in [-0.2, 0) is 33.0 Å². The first-order chi connectivity index (χ1) is 25.9. The van der Waals surface area contributed by atoms with Crippen LogP contribution in [0.5, 0.6) is 0 Å². The highest BCUT2D eigenvalue weighted by Crippen LogP contribution is 2.40. The third-order valence-corrected chi connectivity index (χ3v) is 13.3. The SMILES string of the molecule is Cc1cc(NCc2ccccc2)ccc1C(c1ccc(NCc2cccc(S(=O)(=O)CC3CC(C)(C)NC(C)(C)C3)c2)cc1C)c1ccccc1S(=O)(=O)O. The molecule has 5 aromatic rings. The molecule has 8 nitrogen and oxygen atoms in total. The van der Waals surface area contributed by atoms with Crippen molar-refractivity contribution in [2.24, 2.45) is 5.92 Å². The third-order valence-electron chi connectivity index (χ3n) is 10.5. The number of anilines is 2. The summed E-state index contributed by atoms with van der Waals surface area (Å²) in [4.78, 5) is 0.208. The first-order valence-corrected chi connectivity index (χ1v) is 21.9. The summed E-state index contributed by atoms with van der Waals surface area (Å²) in [6.45, 7) is 13.6. The highest BCUT2D eigenvalue weighted by molar-refractivity contribution is 7.91. The fourth-order valence-electron chi connectivity index (χ4n) is 8.59. The van der Waals surface area contributed by atoms with Crippen molar-refractivity contribution >= 4 is 31.3 Å². The molecular formula is C45H53N3O5S2. The average molecular weight is 780 g/mol. The number of hydrogen-bond donors (Lipinski definition) is 4. The van der Waals surface area contributed by atoms with Gasteiger partial charge in [0.15, 0.2) is 9.84 Å². The molecule has 1 saturated heterocycles. The molecule has 0 saturated carbocycles. The van der Waals surface area contributed by atoms with Crippen LogP contribution in [0.4, 0.5) is 11.4 Å².